The minimum absolute atomic E-state index is 0.0105. The Morgan fingerprint density at radius 1 is 1.30 bits per heavy atom. The van der Waals surface area contributed by atoms with E-state index in [1.165, 1.54) is 6.42 Å². The van der Waals surface area contributed by atoms with Gasteiger partial charge in [0, 0.05) is 12.1 Å². The molecule has 1 aromatic rings. The lowest BCUT2D eigenvalue weighted by Crippen LogP contribution is -2.47. The molecule has 0 heterocycles. The molecule has 1 aromatic carbocycles. The molecule has 0 unspecified atom stereocenters. The molecule has 0 radical (unpaired) electrons. The van der Waals surface area contributed by atoms with Crippen LogP contribution in [0.15, 0.2) is 24.3 Å². The zero-order valence-electron chi connectivity index (χ0n) is 14.3. The SMILES string of the molecule is CC[C@H]1C[C@H](CC(=O)NC(=S)Nc2ccc(OC)cc2)C1(C)C. The van der Waals surface area contributed by atoms with Crippen LogP contribution in [0.1, 0.15) is 40.0 Å². The van der Waals surface area contributed by atoms with Gasteiger partial charge < -0.3 is 15.4 Å². The summed E-state index contributed by atoms with van der Waals surface area (Å²) in [5.41, 5.74) is 1.07. The van der Waals surface area contributed by atoms with E-state index in [4.69, 9.17) is 17.0 Å². The maximum atomic E-state index is 12.2. The molecule has 126 valence electrons. The van der Waals surface area contributed by atoms with Crippen LogP contribution in [0.3, 0.4) is 0 Å². The molecule has 0 aliphatic heterocycles. The van der Waals surface area contributed by atoms with Gasteiger partial charge in [-0.1, -0.05) is 27.2 Å². The molecular weight excluding hydrogens is 308 g/mol. The van der Waals surface area contributed by atoms with Crippen LogP contribution in [-0.4, -0.2) is 18.1 Å². The third-order valence-electron chi connectivity index (χ3n) is 5.20. The van der Waals surface area contributed by atoms with Gasteiger partial charge in [-0.05, 0) is 60.2 Å². The van der Waals surface area contributed by atoms with Crippen LogP contribution >= 0.6 is 12.2 Å². The van der Waals surface area contributed by atoms with Gasteiger partial charge in [-0.3, -0.25) is 4.79 Å². The van der Waals surface area contributed by atoms with Crippen molar-refractivity contribution in [1.82, 2.24) is 5.32 Å². The zero-order chi connectivity index (χ0) is 17.0. The Balaban J connectivity index is 1.80. The first-order valence-corrected chi connectivity index (χ1v) is 8.52. The molecule has 1 amide bonds. The summed E-state index contributed by atoms with van der Waals surface area (Å²) >= 11 is 5.21. The maximum Gasteiger partial charge on any atom is 0.226 e. The largest absolute Gasteiger partial charge is 0.497 e. The number of hydrogen-bond donors (Lipinski definition) is 2. The molecule has 1 fully saturated rings. The van der Waals surface area contributed by atoms with Crippen LogP contribution in [0.25, 0.3) is 0 Å². The first-order chi connectivity index (χ1) is 10.9. The van der Waals surface area contributed by atoms with Crippen molar-refractivity contribution in [1.29, 1.82) is 0 Å². The number of carbonyl (C=O) groups is 1. The van der Waals surface area contributed by atoms with Crippen molar-refractivity contribution in [2.45, 2.75) is 40.0 Å². The Morgan fingerprint density at radius 3 is 2.48 bits per heavy atom. The average molecular weight is 334 g/mol. The van der Waals surface area contributed by atoms with E-state index in [0.29, 0.717) is 17.5 Å². The molecule has 0 saturated heterocycles. The molecule has 23 heavy (non-hydrogen) atoms. The van der Waals surface area contributed by atoms with Crippen LogP contribution in [0.4, 0.5) is 5.69 Å². The van der Waals surface area contributed by atoms with E-state index in [-0.39, 0.29) is 11.3 Å². The van der Waals surface area contributed by atoms with Gasteiger partial charge in [-0.2, -0.15) is 0 Å². The van der Waals surface area contributed by atoms with Gasteiger partial charge in [0.2, 0.25) is 5.91 Å². The van der Waals surface area contributed by atoms with Gasteiger partial charge in [-0.25, -0.2) is 0 Å². The van der Waals surface area contributed by atoms with E-state index in [1.54, 1.807) is 7.11 Å². The van der Waals surface area contributed by atoms with Gasteiger partial charge in [0.05, 0.1) is 7.11 Å². The quantitative estimate of drug-likeness (QED) is 0.800. The molecule has 0 bridgehead atoms. The van der Waals surface area contributed by atoms with E-state index >= 15 is 0 Å². The molecule has 0 spiro atoms. The Labute approximate surface area is 144 Å². The number of anilines is 1. The second kappa shape index (κ2) is 7.30. The van der Waals surface area contributed by atoms with Crippen molar-refractivity contribution in [2.75, 3.05) is 12.4 Å². The summed E-state index contributed by atoms with van der Waals surface area (Å²) in [5.74, 6) is 1.94. The Morgan fingerprint density at radius 2 is 1.96 bits per heavy atom. The van der Waals surface area contributed by atoms with Crippen LogP contribution in [0.2, 0.25) is 0 Å². The molecule has 0 aromatic heterocycles. The fourth-order valence-corrected chi connectivity index (χ4v) is 3.63. The summed E-state index contributed by atoms with van der Waals surface area (Å²) in [6.45, 7) is 6.74. The molecular formula is C18H26N2O2S. The zero-order valence-corrected chi connectivity index (χ0v) is 15.1. The van der Waals surface area contributed by atoms with Crippen LogP contribution < -0.4 is 15.4 Å². The topological polar surface area (TPSA) is 50.4 Å². The van der Waals surface area contributed by atoms with Crippen LogP contribution in [-0.2, 0) is 4.79 Å². The molecule has 5 heteroatoms. The lowest BCUT2D eigenvalue weighted by molar-refractivity contribution is -0.125. The number of methoxy groups -OCH3 is 1. The summed E-state index contributed by atoms with van der Waals surface area (Å²) in [5, 5.41) is 6.13. The van der Waals surface area contributed by atoms with E-state index in [2.05, 4.69) is 31.4 Å². The third kappa shape index (κ3) is 4.22. The normalized spacial score (nSPS) is 21.9. The van der Waals surface area contributed by atoms with Crippen molar-refractivity contribution in [3.8, 4) is 5.75 Å². The van der Waals surface area contributed by atoms with Gasteiger partial charge in [0.15, 0.2) is 5.11 Å². The van der Waals surface area contributed by atoms with Gasteiger partial charge in [-0.15, -0.1) is 0 Å². The highest BCUT2D eigenvalue weighted by atomic mass is 32.1. The van der Waals surface area contributed by atoms with Crippen molar-refractivity contribution >= 4 is 28.9 Å². The Kier molecular flexibility index (Phi) is 5.63. The number of hydrogen-bond acceptors (Lipinski definition) is 3. The summed E-state index contributed by atoms with van der Waals surface area (Å²) in [6, 6.07) is 7.40. The number of ether oxygens (including phenoxy) is 1. The summed E-state index contributed by atoms with van der Waals surface area (Å²) < 4.78 is 5.11. The molecule has 2 N–H and O–H groups in total. The summed E-state index contributed by atoms with van der Waals surface area (Å²) in [4.78, 5) is 12.2. The molecule has 4 nitrogen and oxygen atoms in total. The second-order valence-corrected chi connectivity index (χ2v) is 7.20. The molecule has 2 rings (SSSR count). The number of benzene rings is 1. The summed E-state index contributed by atoms with van der Waals surface area (Å²) in [6.07, 6.45) is 2.85. The highest BCUT2D eigenvalue weighted by molar-refractivity contribution is 7.80. The Bertz CT molecular complexity index is 569. The van der Waals surface area contributed by atoms with Crippen LogP contribution in [0, 0.1) is 17.3 Å². The van der Waals surface area contributed by atoms with Crippen molar-refractivity contribution in [2.24, 2.45) is 17.3 Å². The van der Waals surface area contributed by atoms with E-state index < -0.39 is 0 Å². The second-order valence-electron chi connectivity index (χ2n) is 6.79. The van der Waals surface area contributed by atoms with Crippen molar-refractivity contribution in [3.05, 3.63) is 24.3 Å². The number of carbonyl (C=O) groups excluding carboxylic acids is 1. The first kappa shape index (κ1) is 17.7. The molecule has 1 aliphatic rings. The van der Waals surface area contributed by atoms with E-state index in [0.717, 1.165) is 23.8 Å². The average Bonchev–Trinajstić information content (AvgIpc) is 2.51. The lowest BCUT2D eigenvalue weighted by Gasteiger charge is -2.52. The van der Waals surface area contributed by atoms with Gasteiger partial charge in [0.25, 0.3) is 0 Å². The lowest BCUT2D eigenvalue weighted by atomic mass is 9.53. The minimum atomic E-state index is -0.0105. The monoisotopic (exact) mass is 334 g/mol. The fraction of sp³-hybridized carbons (Fsp3) is 0.556. The first-order valence-electron chi connectivity index (χ1n) is 8.11. The third-order valence-corrected chi connectivity index (χ3v) is 5.40. The molecule has 2 atom stereocenters. The Hall–Kier alpha value is -1.62. The van der Waals surface area contributed by atoms with E-state index in [1.807, 2.05) is 24.3 Å². The smallest absolute Gasteiger partial charge is 0.226 e. The van der Waals surface area contributed by atoms with Crippen molar-refractivity contribution < 1.29 is 9.53 Å². The number of thiocarbonyl (C=S) groups is 1. The van der Waals surface area contributed by atoms with Gasteiger partial charge in [0.1, 0.15) is 5.75 Å². The highest BCUT2D eigenvalue weighted by Gasteiger charge is 2.47. The standard InChI is InChI=1S/C18H26N2O2S/c1-5-12-10-13(18(12,2)3)11-16(21)20-17(23)19-14-6-8-15(22-4)9-7-14/h6-9,12-13H,5,10-11H2,1-4H3,(H2,19,20,21,23)/t12-,13+/m0/s1. The van der Waals surface area contributed by atoms with Gasteiger partial charge >= 0.3 is 0 Å². The highest BCUT2D eigenvalue weighted by Crippen LogP contribution is 2.54. The predicted molar refractivity (Wildman–Crippen MR) is 97.6 cm³/mol. The van der Waals surface area contributed by atoms with Crippen LogP contribution in [0.5, 0.6) is 5.75 Å². The van der Waals surface area contributed by atoms with E-state index in [9.17, 15) is 4.79 Å². The fourth-order valence-electron chi connectivity index (χ4n) is 3.40. The number of amides is 1. The maximum absolute atomic E-state index is 12.2. The number of nitrogens with one attached hydrogen (secondary N) is 2. The predicted octanol–water partition coefficient (Wildman–Crippen LogP) is 3.97. The summed E-state index contributed by atoms with van der Waals surface area (Å²) in [7, 11) is 1.62. The number of rotatable bonds is 5. The minimum Gasteiger partial charge on any atom is -0.497 e. The molecule has 1 aliphatic carbocycles. The van der Waals surface area contributed by atoms with Crippen molar-refractivity contribution in [3.63, 3.8) is 0 Å². The molecule has 1 saturated carbocycles.